The van der Waals surface area contributed by atoms with E-state index in [1.807, 2.05) is 6.08 Å². The molecule has 0 saturated carbocycles. The molecule has 3 unspecified atom stereocenters. The molecule has 1 aliphatic heterocycles. The minimum atomic E-state index is -1.09. The first-order chi connectivity index (χ1) is 10.6. The number of Topliss-reactive ketones (excluding diaryl/α,β-unsaturated/α-hetero) is 2. The highest BCUT2D eigenvalue weighted by Gasteiger charge is 2.37. The maximum absolute atomic E-state index is 12.6. The summed E-state index contributed by atoms with van der Waals surface area (Å²) in [6, 6.07) is -0.850. The Bertz CT molecular complexity index is 564. The number of ketones is 2. The van der Waals surface area contributed by atoms with E-state index in [1.54, 1.807) is 19.9 Å². The van der Waals surface area contributed by atoms with Crippen LogP contribution in [-0.4, -0.2) is 41.1 Å². The van der Waals surface area contributed by atoms with Gasteiger partial charge in [-0.25, -0.2) is 0 Å². The number of nitrogens with one attached hydrogen (secondary N) is 2. The predicted octanol–water partition coefficient (Wildman–Crippen LogP) is 0.0683. The molecule has 0 radical (unpaired) electrons. The normalized spacial score (nSPS) is 31.0. The topological polar surface area (TPSA) is 101 Å². The molecule has 1 heterocycles. The number of hydrogen-bond acceptors (Lipinski definition) is 5. The summed E-state index contributed by atoms with van der Waals surface area (Å²) in [6.07, 6.45) is 9.72. The minimum Gasteiger partial charge on any atom is -0.342 e. The van der Waals surface area contributed by atoms with Gasteiger partial charge < -0.3 is 11.1 Å². The Balaban J connectivity index is 2.92. The zero-order chi connectivity index (χ0) is 17.7. The second kappa shape index (κ2) is 7.53. The number of hydrogen-bond donors (Lipinski definition) is 3. The molecule has 0 aromatic carbocycles. The van der Waals surface area contributed by atoms with Crippen molar-refractivity contribution in [2.75, 3.05) is 6.54 Å². The van der Waals surface area contributed by atoms with E-state index in [0.29, 0.717) is 12.8 Å². The number of carbonyl (C=O) groups excluding carboxylic acids is 3. The van der Waals surface area contributed by atoms with E-state index in [2.05, 4.69) is 16.6 Å². The highest BCUT2D eigenvalue weighted by Crippen LogP contribution is 2.19. The molecular formula is C17H25N3O3. The molecule has 6 nitrogen and oxygen atoms in total. The number of terminal acetylenes is 1. The van der Waals surface area contributed by atoms with Crippen LogP contribution in [0.4, 0.5) is 0 Å². The summed E-state index contributed by atoms with van der Waals surface area (Å²) >= 11 is 0. The first-order valence-corrected chi connectivity index (χ1v) is 7.60. The van der Waals surface area contributed by atoms with Crippen LogP contribution in [0.25, 0.3) is 0 Å². The fraction of sp³-hybridized carbons (Fsp3) is 0.588. The van der Waals surface area contributed by atoms with Crippen LogP contribution >= 0.6 is 0 Å². The first-order valence-electron chi connectivity index (χ1n) is 7.60. The van der Waals surface area contributed by atoms with E-state index in [9.17, 15) is 14.4 Å². The molecule has 6 heteroatoms. The average molecular weight is 319 g/mol. The number of nitrogens with two attached hydrogens (primary N) is 1. The van der Waals surface area contributed by atoms with Crippen molar-refractivity contribution in [3.05, 3.63) is 12.2 Å². The van der Waals surface area contributed by atoms with Crippen LogP contribution < -0.4 is 16.4 Å². The lowest BCUT2D eigenvalue weighted by atomic mass is 9.91. The molecule has 1 aliphatic rings. The van der Waals surface area contributed by atoms with Gasteiger partial charge in [0, 0.05) is 6.42 Å². The maximum Gasteiger partial charge on any atom is 0.238 e. The van der Waals surface area contributed by atoms with Gasteiger partial charge in [0.15, 0.2) is 5.78 Å². The summed E-state index contributed by atoms with van der Waals surface area (Å²) in [5.41, 5.74) is 3.81. The smallest absolute Gasteiger partial charge is 0.238 e. The molecule has 0 aromatic heterocycles. The third-order valence-electron chi connectivity index (χ3n) is 4.32. The molecule has 0 saturated heterocycles. The van der Waals surface area contributed by atoms with Crippen molar-refractivity contribution in [3.8, 4) is 12.3 Å². The highest BCUT2D eigenvalue weighted by atomic mass is 16.2. The van der Waals surface area contributed by atoms with Gasteiger partial charge in [-0.15, -0.1) is 12.3 Å². The van der Waals surface area contributed by atoms with Gasteiger partial charge in [-0.2, -0.15) is 0 Å². The Labute approximate surface area is 137 Å². The van der Waals surface area contributed by atoms with E-state index in [0.717, 1.165) is 0 Å². The number of rotatable bonds is 4. The standard InChI is InChI=1S/C17H25N3O3/c1-5-8-13(18)15(23)20-17(4)10-7-6-9-16(3,12(2)21)19-11-14(17)22/h1,6-7,13,19H,8-11,18H2,2-4H3,(H,20,23)/b7-6-. The summed E-state index contributed by atoms with van der Waals surface area (Å²) in [5.74, 6) is 1.62. The van der Waals surface area contributed by atoms with Gasteiger partial charge in [-0.05, 0) is 33.6 Å². The zero-order valence-corrected chi connectivity index (χ0v) is 13.9. The van der Waals surface area contributed by atoms with Crippen molar-refractivity contribution in [2.45, 2.75) is 57.2 Å². The molecule has 3 atom stereocenters. The van der Waals surface area contributed by atoms with E-state index in [1.165, 1.54) is 6.92 Å². The molecule has 1 rings (SSSR count). The summed E-state index contributed by atoms with van der Waals surface area (Å²) in [5, 5.41) is 5.70. The van der Waals surface area contributed by atoms with E-state index < -0.39 is 23.0 Å². The molecular weight excluding hydrogens is 294 g/mol. The lowest BCUT2D eigenvalue weighted by molar-refractivity contribution is -0.132. The third kappa shape index (κ3) is 4.75. The van der Waals surface area contributed by atoms with Gasteiger partial charge in [0.2, 0.25) is 5.91 Å². The van der Waals surface area contributed by atoms with Crippen molar-refractivity contribution >= 4 is 17.5 Å². The Morgan fingerprint density at radius 3 is 2.61 bits per heavy atom. The van der Waals surface area contributed by atoms with Gasteiger partial charge in [-0.1, -0.05) is 12.2 Å². The highest BCUT2D eigenvalue weighted by molar-refractivity contribution is 5.96. The van der Waals surface area contributed by atoms with Gasteiger partial charge in [0.1, 0.15) is 11.3 Å². The molecule has 23 heavy (non-hydrogen) atoms. The van der Waals surface area contributed by atoms with Gasteiger partial charge >= 0.3 is 0 Å². The average Bonchev–Trinajstić information content (AvgIpc) is 2.53. The summed E-state index contributed by atoms with van der Waals surface area (Å²) in [4.78, 5) is 36.4. The SMILES string of the molecule is C#CCC(N)C(=O)NC1(C)C/C=C\CC(C)(C(C)=O)NCC1=O. The molecule has 0 spiro atoms. The van der Waals surface area contributed by atoms with Crippen LogP contribution in [0.2, 0.25) is 0 Å². The van der Waals surface area contributed by atoms with Gasteiger partial charge in [0.05, 0.1) is 18.1 Å². The van der Waals surface area contributed by atoms with Crippen LogP contribution in [0.3, 0.4) is 0 Å². The predicted molar refractivity (Wildman–Crippen MR) is 88.4 cm³/mol. The molecule has 1 amide bonds. The van der Waals surface area contributed by atoms with Gasteiger partial charge in [0.25, 0.3) is 0 Å². The fourth-order valence-corrected chi connectivity index (χ4v) is 2.27. The second-order valence-corrected chi connectivity index (χ2v) is 6.38. The fourth-order valence-electron chi connectivity index (χ4n) is 2.27. The Kier molecular flexibility index (Phi) is 6.25. The van der Waals surface area contributed by atoms with E-state index >= 15 is 0 Å². The largest absolute Gasteiger partial charge is 0.342 e. The molecule has 0 aliphatic carbocycles. The van der Waals surface area contributed by atoms with E-state index in [4.69, 9.17) is 12.2 Å². The van der Waals surface area contributed by atoms with Crippen molar-refractivity contribution in [2.24, 2.45) is 5.73 Å². The van der Waals surface area contributed by atoms with Crippen molar-refractivity contribution in [1.82, 2.24) is 10.6 Å². The summed E-state index contributed by atoms with van der Waals surface area (Å²) < 4.78 is 0. The zero-order valence-electron chi connectivity index (χ0n) is 13.9. The van der Waals surface area contributed by atoms with Crippen LogP contribution in [0.1, 0.15) is 40.0 Å². The van der Waals surface area contributed by atoms with E-state index in [-0.39, 0.29) is 24.5 Å². The minimum absolute atomic E-state index is 0.0150. The van der Waals surface area contributed by atoms with Crippen LogP contribution in [0.5, 0.6) is 0 Å². The van der Waals surface area contributed by atoms with Crippen LogP contribution in [0, 0.1) is 12.3 Å². The maximum atomic E-state index is 12.6. The lowest BCUT2D eigenvalue weighted by Crippen LogP contribution is -2.59. The summed E-state index contributed by atoms with van der Waals surface area (Å²) in [6.45, 7) is 4.89. The monoisotopic (exact) mass is 319 g/mol. The van der Waals surface area contributed by atoms with Crippen LogP contribution in [0.15, 0.2) is 12.2 Å². The molecule has 0 aromatic rings. The van der Waals surface area contributed by atoms with Crippen LogP contribution in [-0.2, 0) is 14.4 Å². The summed E-state index contributed by atoms with van der Waals surface area (Å²) in [7, 11) is 0. The quantitative estimate of drug-likeness (QED) is 0.503. The second-order valence-electron chi connectivity index (χ2n) is 6.38. The number of carbonyl (C=O) groups is 3. The van der Waals surface area contributed by atoms with Crippen molar-refractivity contribution < 1.29 is 14.4 Å². The Morgan fingerprint density at radius 1 is 1.43 bits per heavy atom. The Hall–Kier alpha value is -1.97. The third-order valence-corrected chi connectivity index (χ3v) is 4.32. The van der Waals surface area contributed by atoms with Gasteiger partial charge in [-0.3, -0.25) is 19.7 Å². The molecule has 0 fully saturated rings. The number of amides is 1. The molecule has 4 N–H and O–H groups in total. The Morgan fingerprint density at radius 2 is 2.04 bits per heavy atom. The molecule has 126 valence electrons. The lowest BCUT2D eigenvalue weighted by Gasteiger charge is -2.31. The molecule has 0 bridgehead atoms. The van der Waals surface area contributed by atoms with Crippen molar-refractivity contribution in [1.29, 1.82) is 0 Å². The van der Waals surface area contributed by atoms with Crippen molar-refractivity contribution in [3.63, 3.8) is 0 Å². The first kappa shape index (κ1) is 19.1.